The predicted octanol–water partition coefficient (Wildman–Crippen LogP) is 0.922. The summed E-state index contributed by atoms with van der Waals surface area (Å²) in [4.78, 5) is 51.4. The molecule has 4 atom stereocenters. The summed E-state index contributed by atoms with van der Waals surface area (Å²) in [6.45, 7) is 0. The van der Waals surface area contributed by atoms with Crippen molar-refractivity contribution >= 4 is 36.3 Å². The molecule has 0 saturated heterocycles. The van der Waals surface area contributed by atoms with Gasteiger partial charge >= 0.3 is 5.97 Å². The Morgan fingerprint density at radius 1 is 0.619 bits per heavy atom. The van der Waals surface area contributed by atoms with E-state index in [1.807, 2.05) is 30.3 Å². The number of carboxylic acids is 1. The fourth-order valence-corrected chi connectivity index (χ4v) is 4.37. The number of amides is 3. The number of thiol groups is 1. The summed E-state index contributed by atoms with van der Waals surface area (Å²) in [5, 5.41) is 36.3. The lowest BCUT2D eigenvalue weighted by atomic mass is 10.0. The highest BCUT2D eigenvalue weighted by atomic mass is 32.1. The van der Waals surface area contributed by atoms with Crippen LogP contribution in [0, 0.1) is 0 Å². The number of benzene rings is 3. The lowest BCUT2D eigenvalue weighted by Gasteiger charge is -2.25. The number of carbonyl (C=O) groups is 4. The van der Waals surface area contributed by atoms with Gasteiger partial charge in [-0.25, -0.2) is 4.79 Å². The Morgan fingerprint density at radius 3 is 1.45 bits per heavy atom. The van der Waals surface area contributed by atoms with Crippen molar-refractivity contribution in [2.24, 2.45) is 5.73 Å². The van der Waals surface area contributed by atoms with Gasteiger partial charge in [0, 0.05) is 18.6 Å². The zero-order chi connectivity index (χ0) is 30.6. The molecule has 0 radical (unpaired) electrons. The highest BCUT2D eigenvalue weighted by molar-refractivity contribution is 7.80. The minimum absolute atomic E-state index is 0.00770. The molecular weight excluding hydrogens is 560 g/mol. The summed E-state index contributed by atoms with van der Waals surface area (Å²) in [6.07, 6.45) is 0.203. The lowest BCUT2D eigenvalue weighted by molar-refractivity contribution is -0.141. The molecule has 3 aromatic rings. The van der Waals surface area contributed by atoms with Crippen LogP contribution < -0.4 is 21.7 Å². The van der Waals surface area contributed by atoms with Crippen molar-refractivity contribution in [1.82, 2.24) is 16.0 Å². The number of hydrogen-bond donors (Lipinski definition) is 8. The van der Waals surface area contributed by atoms with Gasteiger partial charge in [-0.3, -0.25) is 14.4 Å². The number of hydrogen-bond acceptors (Lipinski definition) is 8. The molecule has 3 rings (SSSR count). The molecule has 3 amide bonds. The van der Waals surface area contributed by atoms with Gasteiger partial charge in [-0.15, -0.1) is 0 Å². The Morgan fingerprint density at radius 2 is 1.02 bits per heavy atom. The van der Waals surface area contributed by atoms with Gasteiger partial charge in [0.05, 0.1) is 6.04 Å². The minimum atomic E-state index is -1.30. The molecule has 0 unspecified atom stereocenters. The van der Waals surface area contributed by atoms with Crippen molar-refractivity contribution in [1.29, 1.82) is 0 Å². The van der Waals surface area contributed by atoms with Crippen LogP contribution in [0.2, 0.25) is 0 Å². The van der Waals surface area contributed by atoms with Crippen LogP contribution in [0.3, 0.4) is 0 Å². The number of rotatable bonds is 14. The molecule has 0 aliphatic heterocycles. The number of carboxylic acid groups (broad SMARTS) is 1. The second kappa shape index (κ2) is 15.5. The summed E-state index contributed by atoms with van der Waals surface area (Å²) < 4.78 is 0. The smallest absolute Gasteiger partial charge is 0.327 e. The number of nitrogens with two attached hydrogens (primary N) is 1. The number of aliphatic carboxylic acids is 1. The van der Waals surface area contributed by atoms with E-state index < -0.39 is 47.9 Å². The van der Waals surface area contributed by atoms with Gasteiger partial charge < -0.3 is 37.0 Å². The number of nitrogens with one attached hydrogen (secondary N) is 3. The van der Waals surface area contributed by atoms with E-state index in [1.165, 1.54) is 24.3 Å². The van der Waals surface area contributed by atoms with Crippen LogP contribution in [0.1, 0.15) is 16.7 Å². The average molecular weight is 595 g/mol. The fourth-order valence-electron chi connectivity index (χ4n) is 4.12. The van der Waals surface area contributed by atoms with E-state index in [2.05, 4.69) is 28.6 Å². The number of phenolic OH excluding ortho intramolecular Hbond substituents is 2. The van der Waals surface area contributed by atoms with Crippen molar-refractivity contribution in [2.75, 3.05) is 5.75 Å². The molecule has 0 aromatic heterocycles. The van der Waals surface area contributed by atoms with Gasteiger partial charge in [0.1, 0.15) is 29.6 Å². The first-order valence-electron chi connectivity index (χ1n) is 13.2. The van der Waals surface area contributed by atoms with Crippen molar-refractivity contribution in [3.8, 4) is 11.5 Å². The Kier molecular flexibility index (Phi) is 11.8. The van der Waals surface area contributed by atoms with E-state index in [1.54, 1.807) is 24.3 Å². The van der Waals surface area contributed by atoms with E-state index in [0.717, 1.165) is 5.56 Å². The van der Waals surface area contributed by atoms with Crippen LogP contribution in [0.15, 0.2) is 78.9 Å². The molecule has 0 aliphatic rings. The number of phenols is 2. The Hall–Kier alpha value is -4.55. The van der Waals surface area contributed by atoms with Crippen molar-refractivity contribution in [2.45, 2.75) is 43.4 Å². The van der Waals surface area contributed by atoms with Crippen molar-refractivity contribution in [3.05, 3.63) is 95.6 Å². The zero-order valence-electron chi connectivity index (χ0n) is 22.6. The van der Waals surface area contributed by atoms with Gasteiger partial charge in [-0.2, -0.15) is 12.6 Å². The van der Waals surface area contributed by atoms with Crippen LogP contribution >= 0.6 is 12.6 Å². The van der Waals surface area contributed by atoms with Gasteiger partial charge in [-0.05, 0) is 47.4 Å². The molecule has 0 aliphatic carbocycles. The molecule has 0 heterocycles. The van der Waals surface area contributed by atoms with Gasteiger partial charge in [0.2, 0.25) is 17.7 Å². The van der Waals surface area contributed by atoms with E-state index >= 15 is 0 Å². The van der Waals surface area contributed by atoms with Crippen LogP contribution in [0.4, 0.5) is 0 Å². The molecule has 3 aromatic carbocycles. The quantitative estimate of drug-likeness (QED) is 0.126. The molecule has 0 fully saturated rings. The molecule has 11 nitrogen and oxygen atoms in total. The predicted molar refractivity (Wildman–Crippen MR) is 159 cm³/mol. The molecule has 42 heavy (non-hydrogen) atoms. The molecule has 12 heteroatoms. The molecule has 0 bridgehead atoms. The number of aromatic hydroxyl groups is 2. The summed E-state index contributed by atoms with van der Waals surface area (Å²) in [5.41, 5.74) is 8.18. The third kappa shape index (κ3) is 9.82. The van der Waals surface area contributed by atoms with Gasteiger partial charge in [-0.1, -0.05) is 54.6 Å². The third-order valence-electron chi connectivity index (χ3n) is 6.45. The maximum absolute atomic E-state index is 13.6. The Labute approximate surface area is 248 Å². The molecular formula is C30H34N4O7S. The summed E-state index contributed by atoms with van der Waals surface area (Å²) >= 11 is 3.98. The maximum atomic E-state index is 13.6. The van der Waals surface area contributed by atoms with E-state index in [0.29, 0.717) is 11.1 Å². The minimum Gasteiger partial charge on any atom is -0.508 e. The van der Waals surface area contributed by atoms with Crippen molar-refractivity contribution in [3.63, 3.8) is 0 Å². The van der Waals surface area contributed by atoms with Crippen LogP contribution in [-0.4, -0.2) is 68.9 Å². The Bertz CT molecular complexity index is 1350. The van der Waals surface area contributed by atoms with Crippen LogP contribution in [-0.2, 0) is 38.4 Å². The number of carbonyl (C=O) groups excluding carboxylic acids is 3. The standard InChI is InChI=1S/C30H34N4O7S/c31-23(14-18-4-2-1-3-5-18)27(37)32-24(15-19-6-10-21(35)11-7-19)28(38)33-25(16-20-8-12-22(36)13-9-20)29(39)34-26(17-42)30(40)41/h1-13,23-26,35-36,42H,14-17,31H2,(H,32,37)(H,33,38)(H,34,39)(H,40,41)/t23-,24-,25-,26-/m0/s1. The molecule has 0 saturated carbocycles. The van der Waals surface area contributed by atoms with Crippen LogP contribution in [0.5, 0.6) is 11.5 Å². The zero-order valence-corrected chi connectivity index (χ0v) is 23.5. The third-order valence-corrected chi connectivity index (χ3v) is 6.82. The van der Waals surface area contributed by atoms with E-state index in [9.17, 15) is 34.5 Å². The van der Waals surface area contributed by atoms with Crippen molar-refractivity contribution < 1.29 is 34.5 Å². The normalized spacial score (nSPS) is 13.7. The second-order valence-corrected chi connectivity index (χ2v) is 10.1. The monoisotopic (exact) mass is 594 g/mol. The largest absolute Gasteiger partial charge is 0.508 e. The average Bonchev–Trinajstić information content (AvgIpc) is 2.97. The highest BCUT2D eigenvalue weighted by Gasteiger charge is 2.30. The summed E-state index contributed by atoms with van der Waals surface area (Å²) in [6, 6.07) is 16.5. The topological polar surface area (TPSA) is 191 Å². The van der Waals surface area contributed by atoms with E-state index in [-0.39, 0.29) is 36.5 Å². The first-order chi connectivity index (χ1) is 20.0. The maximum Gasteiger partial charge on any atom is 0.327 e. The van der Waals surface area contributed by atoms with Crippen LogP contribution in [0.25, 0.3) is 0 Å². The Balaban J connectivity index is 1.83. The second-order valence-electron chi connectivity index (χ2n) is 9.74. The summed E-state index contributed by atoms with van der Waals surface area (Å²) in [7, 11) is 0. The molecule has 0 spiro atoms. The van der Waals surface area contributed by atoms with Gasteiger partial charge in [0.15, 0.2) is 0 Å². The molecule has 8 N–H and O–H groups in total. The first kappa shape index (κ1) is 32.0. The SMILES string of the molecule is N[C@@H](Cc1ccccc1)C(=O)N[C@@H](Cc1ccc(O)cc1)C(=O)N[C@@H](Cc1ccc(O)cc1)C(=O)N[C@@H](CS)C(=O)O. The van der Waals surface area contributed by atoms with E-state index in [4.69, 9.17) is 5.73 Å². The van der Waals surface area contributed by atoms with Gasteiger partial charge in [0.25, 0.3) is 0 Å². The lowest BCUT2D eigenvalue weighted by Crippen LogP contribution is -2.58. The first-order valence-corrected chi connectivity index (χ1v) is 13.8. The summed E-state index contributed by atoms with van der Waals surface area (Å²) in [5.74, 6) is -3.51. The highest BCUT2D eigenvalue weighted by Crippen LogP contribution is 2.14. The molecule has 222 valence electrons. The fraction of sp³-hybridized carbons (Fsp3) is 0.267.